The molecule has 0 bridgehead atoms. The Hall–Kier alpha value is -1.88. The number of rotatable bonds is 4. The summed E-state index contributed by atoms with van der Waals surface area (Å²) in [7, 11) is 0. The monoisotopic (exact) mass is 250 g/mol. The second-order valence-corrected chi connectivity index (χ2v) is 3.78. The minimum atomic E-state index is -0.165. The number of aromatic nitrogens is 3. The number of halogens is 1. The first-order valence-corrected chi connectivity index (χ1v) is 5.51. The highest BCUT2D eigenvalue weighted by Gasteiger charge is 2.05. The second-order valence-electron chi connectivity index (χ2n) is 3.39. The van der Waals surface area contributed by atoms with Gasteiger partial charge in [-0.15, -0.1) is 0 Å². The van der Waals surface area contributed by atoms with Crippen molar-refractivity contribution >= 4 is 17.5 Å². The van der Waals surface area contributed by atoms with Crippen LogP contribution in [0.3, 0.4) is 0 Å². The highest BCUT2D eigenvalue weighted by molar-refractivity contribution is 6.29. The molecule has 0 aliphatic carbocycles. The molecule has 0 fully saturated rings. The van der Waals surface area contributed by atoms with Crippen molar-refractivity contribution in [3.8, 4) is 0 Å². The summed E-state index contributed by atoms with van der Waals surface area (Å²) in [6.45, 7) is 1.15. The lowest BCUT2D eigenvalue weighted by Gasteiger charge is -2.05. The van der Waals surface area contributed by atoms with Crippen LogP contribution in [0.5, 0.6) is 0 Å². The summed E-state index contributed by atoms with van der Waals surface area (Å²) < 4.78 is 1.75. The van der Waals surface area contributed by atoms with E-state index in [1.165, 1.54) is 12.3 Å². The molecule has 5 nitrogen and oxygen atoms in total. The lowest BCUT2D eigenvalue weighted by molar-refractivity contribution is 0.0952. The molecule has 0 aliphatic rings. The molecule has 6 heteroatoms. The van der Waals surface area contributed by atoms with E-state index in [1.54, 1.807) is 16.9 Å². The standard InChI is InChI=1S/C11H11ClN4O/c12-10-8-9(2-4-13-10)11(17)14-5-7-16-6-1-3-15-16/h1-4,6,8H,5,7H2,(H,14,17). The molecule has 2 aromatic rings. The van der Waals surface area contributed by atoms with Crippen LogP contribution >= 0.6 is 11.6 Å². The van der Waals surface area contributed by atoms with Gasteiger partial charge in [0.05, 0.1) is 6.54 Å². The third-order valence-electron chi connectivity index (χ3n) is 2.17. The van der Waals surface area contributed by atoms with Gasteiger partial charge in [0.2, 0.25) is 0 Å². The summed E-state index contributed by atoms with van der Waals surface area (Å²) >= 11 is 5.70. The number of amides is 1. The van der Waals surface area contributed by atoms with Crippen LogP contribution in [0.1, 0.15) is 10.4 Å². The van der Waals surface area contributed by atoms with Crippen molar-refractivity contribution in [2.24, 2.45) is 0 Å². The molecule has 0 saturated carbocycles. The van der Waals surface area contributed by atoms with Crippen LogP contribution < -0.4 is 5.32 Å². The molecule has 0 aromatic carbocycles. The van der Waals surface area contributed by atoms with E-state index in [9.17, 15) is 4.79 Å². The first-order chi connectivity index (χ1) is 8.25. The minimum absolute atomic E-state index is 0.165. The number of hydrogen-bond donors (Lipinski definition) is 1. The summed E-state index contributed by atoms with van der Waals surface area (Å²) in [4.78, 5) is 15.5. The third-order valence-corrected chi connectivity index (χ3v) is 2.38. The van der Waals surface area contributed by atoms with Crippen LogP contribution in [-0.2, 0) is 6.54 Å². The Bertz CT molecular complexity index is 498. The molecule has 2 heterocycles. The smallest absolute Gasteiger partial charge is 0.251 e. The van der Waals surface area contributed by atoms with Crippen LogP contribution in [0, 0.1) is 0 Å². The topological polar surface area (TPSA) is 59.8 Å². The average Bonchev–Trinajstić information content (AvgIpc) is 2.82. The van der Waals surface area contributed by atoms with E-state index in [2.05, 4.69) is 15.4 Å². The van der Waals surface area contributed by atoms with Crippen LogP contribution in [0.2, 0.25) is 5.15 Å². The molecule has 88 valence electrons. The molecule has 0 saturated heterocycles. The first kappa shape index (κ1) is 11.6. The lowest BCUT2D eigenvalue weighted by atomic mass is 10.2. The van der Waals surface area contributed by atoms with Gasteiger partial charge >= 0.3 is 0 Å². The maximum absolute atomic E-state index is 11.7. The minimum Gasteiger partial charge on any atom is -0.350 e. The van der Waals surface area contributed by atoms with Gasteiger partial charge in [-0.25, -0.2) is 4.98 Å². The number of nitrogens with one attached hydrogen (secondary N) is 1. The Balaban J connectivity index is 1.85. The Morgan fingerprint density at radius 2 is 2.35 bits per heavy atom. The highest BCUT2D eigenvalue weighted by atomic mass is 35.5. The van der Waals surface area contributed by atoms with Crippen molar-refractivity contribution in [3.63, 3.8) is 0 Å². The quantitative estimate of drug-likeness (QED) is 0.834. The van der Waals surface area contributed by atoms with E-state index in [-0.39, 0.29) is 5.91 Å². The maximum atomic E-state index is 11.7. The Morgan fingerprint density at radius 3 is 3.06 bits per heavy atom. The molecule has 1 N–H and O–H groups in total. The van der Waals surface area contributed by atoms with Gasteiger partial charge in [0.25, 0.3) is 5.91 Å². The fourth-order valence-electron chi connectivity index (χ4n) is 1.36. The zero-order valence-electron chi connectivity index (χ0n) is 9.01. The van der Waals surface area contributed by atoms with Crippen LogP contribution in [-0.4, -0.2) is 27.2 Å². The molecule has 1 amide bonds. The molecule has 0 radical (unpaired) electrons. The van der Waals surface area contributed by atoms with E-state index in [0.717, 1.165) is 0 Å². The van der Waals surface area contributed by atoms with E-state index < -0.39 is 0 Å². The van der Waals surface area contributed by atoms with Gasteiger partial charge in [-0.1, -0.05) is 11.6 Å². The van der Waals surface area contributed by atoms with E-state index in [0.29, 0.717) is 23.8 Å². The van der Waals surface area contributed by atoms with Gasteiger partial charge in [-0.3, -0.25) is 9.48 Å². The normalized spacial score (nSPS) is 10.2. The van der Waals surface area contributed by atoms with Gasteiger partial charge in [0.1, 0.15) is 5.15 Å². The Labute approximate surface area is 103 Å². The van der Waals surface area contributed by atoms with E-state index >= 15 is 0 Å². The van der Waals surface area contributed by atoms with Crippen molar-refractivity contribution in [3.05, 3.63) is 47.5 Å². The van der Waals surface area contributed by atoms with Gasteiger partial charge in [-0.2, -0.15) is 5.10 Å². The van der Waals surface area contributed by atoms with Crippen molar-refractivity contribution < 1.29 is 4.79 Å². The predicted molar refractivity (Wildman–Crippen MR) is 63.8 cm³/mol. The van der Waals surface area contributed by atoms with E-state index in [1.807, 2.05) is 12.3 Å². The number of pyridine rings is 1. The largest absolute Gasteiger partial charge is 0.350 e. The number of nitrogens with zero attached hydrogens (tertiary/aromatic N) is 3. The van der Waals surface area contributed by atoms with E-state index in [4.69, 9.17) is 11.6 Å². The molecule has 2 aromatic heterocycles. The van der Waals surface area contributed by atoms with Crippen molar-refractivity contribution in [2.45, 2.75) is 6.54 Å². The molecule has 2 rings (SSSR count). The molecular formula is C11H11ClN4O. The van der Waals surface area contributed by atoms with Crippen molar-refractivity contribution in [1.29, 1.82) is 0 Å². The van der Waals surface area contributed by atoms with Crippen LogP contribution in [0.4, 0.5) is 0 Å². The van der Waals surface area contributed by atoms with Crippen LogP contribution in [0.15, 0.2) is 36.8 Å². The molecule has 0 atom stereocenters. The molecular weight excluding hydrogens is 240 g/mol. The number of carbonyl (C=O) groups is 1. The van der Waals surface area contributed by atoms with Crippen molar-refractivity contribution in [2.75, 3.05) is 6.54 Å². The zero-order valence-corrected chi connectivity index (χ0v) is 9.76. The van der Waals surface area contributed by atoms with Crippen LogP contribution in [0.25, 0.3) is 0 Å². The summed E-state index contributed by atoms with van der Waals surface area (Å²) in [5.74, 6) is -0.165. The summed E-state index contributed by atoms with van der Waals surface area (Å²) in [6, 6.07) is 4.99. The Kier molecular flexibility index (Phi) is 3.72. The summed E-state index contributed by atoms with van der Waals surface area (Å²) in [5.41, 5.74) is 0.505. The summed E-state index contributed by atoms with van der Waals surface area (Å²) in [6.07, 6.45) is 5.05. The first-order valence-electron chi connectivity index (χ1n) is 5.13. The molecule has 17 heavy (non-hydrogen) atoms. The summed E-state index contributed by atoms with van der Waals surface area (Å²) in [5, 5.41) is 7.12. The Morgan fingerprint density at radius 1 is 1.47 bits per heavy atom. The zero-order chi connectivity index (χ0) is 12.1. The van der Waals surface area contributed by atoms with Gasteiger partial charge in [0, 0.05) is 30.7 Å². The van der Waals surface area contributed by atoms with Crippen molar-refractivity contribution in [1.82, 2.24) is 20.1 Å². The number of carbonyl (C=O) groups excluding carboxylic acids is 1. The molecule has 0 unspecified atom stereocenters. The lowest BCUT2D eigenvalue weighted by Crippen LogP contribution is -2.27. The fourth-order valence-corrected chi connectivity index (χ4v) is 1.54. The van der Waals surface area contributed by atoms with Gasteiger partial charge < -0.3 is 5.32 Å². The average molecular weight is 251 g/mol. The highest BCUT2D eigenvalue weighted by Crippen LogP contribution is 2.06. The molecule has 0 spiro atoms. The number of hydrogen-bond acceptors (Lipinski definition) is 3. The fraction of sp³-hybridized carbons (Fsp3) is 0.182. The van der Waals surface area contributed by atoms with Gasteiger partial charge in [-0.05, 0) is 18.2 Å². The SMILES string of the molecule is O=C(NCCn1cccn1)c1ccnc(Cl)c1. The molecule has 0 aliphatic heterocycles. The third kappa shape index (κ3) is 3.29. The second kappa shape index (κ2) is 5.45. The van der Waals surface area contributed by atoms with Gasteiger partial charge in [0.15, 0.2) is 0 Å². The maximum Gasteiger partial charge on any atom is 0.251 e. The predicted octanol–water partition coefficient (Wildman–Crippen LogP) is 1.36.